The van der Waals surface area contributed by atoms with Gasteiger partial charge in [0, 0.05) is 17.5 Å². The highest BCUT2D eigenvalue weighted by molar-refractivity contribution is 6.31. The summed E-state index contributed by atoms with van der Waals surface area (Å²) in [6, 6.07) is 5.84. The van der Waals surface area contributed by atoms with Crippen LogP contribution in [0.4, 0.5) is 11.4 Å². The maximum absolute atomic E-state index is 11.9. The van der Waals surface area contributed by atoms with Crippen LogP contribution in [0.25, 0.3) is 0 Å². The molecule has 0 bridgehead atoms. The molecule has 5 heteroatoms. The molecule has 1 aliphatic carbocycles. The van der Waals surface area contributed by atoms with Crippen molar-refractivity contribution in [3.8, 4) is 0 Å². The van der Waals surface area contributed by atoms with Gasteiger partial charge in [0.05, 0.1) is 11.4 Å². The average molecular weight is 296 g/mol. The summed E-state index contributed by atoms with van der Waals surface area (Å²) in [5, 5.41) is 3.39. The number of benzene rings is 1. The summed E-state index contributed by atoms with van der Waals surface area (Å²) in [6.07, 6.45) is 3.99. The number of halogens is 1. The predicted molar refractivity (Wildman–Crippen MR) is 84.0 cm³/mol. The molecule has 0 heterocycles. The Hall–Kier alpha value is -1.26. The molecule has 20 heavy (non-hydrogen) atoms. The third kappa shape index (κ3) is 4.39. The number of hydrogen-bond acceptors (Lipinski definition) is 3. The number of anilines is 2. The van der Waals surface area contributed by atoms with E-state index in [1.54, 1.807) is 18.2 Å². The molecule has 4 nitrogen and oxygen atoms in total. The Kier molecular flexibility index (Phi) is 5.26. The van der Waals surface area contributed by atoms with Gasteiger partial charge < -0.3 is 16.0 Å². The summed E-state index contributed by atoms with van der Waals surface area (Å²) >= 11 is 5.89. The molecule has 0 spiro atoms. The van der Waals surface area contributed by atoms with Crippen LogP contribution in [0.15, 0.2) is 18.2 Å². The van der Waals surface area contributed by atoms with E-state index in [1.807, 2.05) is 0 Å². The third-order valence-electron chi connectivity index (χ3n) is 3.61. The number of nitrogens with zero attached hydrogens (tertiary/aromatic N) is 1. The van der Waals surface area contributed by atoms with E-state index in [2.05, 4.69) is 17.1 Å². The lowest BCUT2D eigenvalue weighted by Crippen LogP contribution is -2.27. The summed E-state index contributed by atoms with van der Waals surface area (Å²) in [5.74, 6) is -0.00850. The highest BCUT2D eigenvalue weighted by Crippen LogP contribution is 2.27. The van der Waals surface area contributed by atoms with Gasteiger partial charge in [0.1, 0.15) is 0 Å². The van der Waals surface area contributed by atoms with Gasteiger partial charge in [0.15, 0.2) is 0 Å². The minimum atomic E-state index is -0.00850. The van der Waals surface area contributed by atoms with Crippen molar-refractivity contribution < 1.29 is 4.79 Å². The molecular formula is C15H22ClN3O. The van der Waals surface area contributed by atoms with Crippen molar-refractivity contribution in [2.45, 2.75) is 38.6 Å². The SMILES string of the molecule is CCN(CCCC(=O)Nc1cc(Cl)ccc1N)C1CC1. The molecule has 1 amide bonds. The fourth-order valence-corrected chi connectivity index (χ4v) is 2.50. The molecule has 1 aromatic carbocycles. The summed E-state index contributed by atoms with van der Waals surface area (Å²) in [7, 11) is 0. The van der Waals surface area contributed by atoms with E-state index in [1.165, 1.54) is 12.8 Å². The second kappa shape index (κ2) is 6.95. The first-order valence-corrected chi connectivity index (χ1v) is 7.57. The Balaban J connectivity index is 1.76. The lowest BCUT2D eigenvalue weighted by molar-refractivity contribution is -0.116. The second-order valence-electron chi connectivity index (χ2n) is 5.24. The Labute approximate surface area is 125 Å². The van der Waals surface area contributed by atoms with E-state index in [0.29, 0.717) is 22.8 Å². The zero-order valence-corrected chi connectivity index (χ0v) is 12.6. The van der Waals surface area contributed by atoms with Gasteiger partial charge in [-0.05, 0) is 50.6 Å². The van der Waals surface area contributed by atoms with Crippen LogP contribution < -0.4 is 11.1 Å². The number of rotatable bonds is 7. The molecule has 1 aliphatic rings. The van der Waals surface area contributed by atoms with Gasteiger partial charge in [-0.25, -0.2) is 0 Å². The fourth-order valence-electron chi connectivity index (χ4n) is 2.33. The van der Waals surface area contributed by atoms with Crippen LogP contribution in [0.1, 0.15) is 32.6 Å². The molecule has 3 N–H and O–H groups in total. The summed E-state index contributed by atoms with van der Waals surface area (Å²) in [6.45, 7) is 4.22. The minimum absolute atomic E-state index is 0.00850. The number of hydrogen-bond donors (Lipinski definition) is 2. The van der Waals surface area contributed by atoms with Gasteiger partial charge in [-0.1, -0.05) is 18.5 Å². The second-order valence-corrected chi connectivity index (χ2v) is 5.68. The number of amides is 1. The maximum atomic E-state index is 11.9. The van der Waals surface area contributed by atoms with Gasteiger partial charge in [-0.3, -0.25) is 4.79 Å². The van der Waals surface area contributed by atoms with Crippen LogP contribution in [0.3, 0.4) is 0 Å². The van der Waals surface area contributed by atoms with E-state index in [9.17, 15) is 4.79 Å². The summed E-state index contributed by atoms with van der Waals surface area (Å²) < 4.78 is 0. The van der Waals surface area contributed by atoms with E-state index >= 15 is 0 Å². The predicted octanol–water partition coefficient (Wildman–Crippen LogP) is 3.13. The lowest BCUT2D eigenvalue weighted by atomic mass is 10.2. The smallest absolute Gasteiger partial charge is 0.224 e. The summed E-state index contributed by atoms with van der Waals surface area (Å²) in [4.78, 5) is 14.3. The number of carbonyl (C=O) groups is 1. The van der Waals surface area contributed by atoms with Crippen molar-refractivity contribution in [1.82, 2.24) is 4.90 Å². The van der Waals surface area contributed by atoms with Crippen molar-refractivity contribution in [2.24, 2.45) is 0 Å². The molecule has 0 saturated heterocycles. The van der Waals surface area contributed by atoms with Crippen molar-refractivity contribution >= 4 is 28.9 Å². The Morgan fingerprint density at radius 2 is 2.25 bits per heavy atom. The van der Waals surface area contributed by atoms with Gasteiger partial charge in [-0.2, -0.15) is 0 Å². The standard InChI is InChI=1S/C15H22ClN3O/c1-2-19(12-6-7-12)9-3-4-15(20)18-14-10-11(16)5-8-13(14)17/h5,8,10,12H,2-4,6-7,9,17H2,1H3,(H,18,20). The van der Waals surface area contributed by atoms with E-state index < -0.39 is 0 Å². The molecule has 1 aromatic rings. The highest BCUT2D eigenvalue weighted by atomic mass is 35.5. The molecular weight excluding hydrogens is 274 g/mol. The molecule has 2 rings (SSSR count). The quantitative estimate of drug-likeness (QED) is 0.760. The average Bonchev–Trinajstić information content (AvgIpc) is 3.23. The number of nitrogen functional groups attached to an aromatic ring is 1. The van der Waals surface area contributed by atoms with Gasteiger partial charge in [0.25, 0.3) is 0 Å². The Morgan fingerprint density at radius 1 is 1.50 bits per heavy atom. The van der Waals surface area contributed by atoms with E-state index in [-0.39, 0.29) is 5.91 Å². The van der Waals surface area contributed by atoms with Crippen LogP contribution >= 0.6 is 11.6 Å². The molecule has 0 unspecified atom stereocenters. The number of nitrogens with one attached hydrogen (secondary N) is 1. The molecule has 0 radical (unpaired) electrons. The first kappa shape index (κ1) is 15.1. The zero-order valence-electron chi connectivity index (χ0n) is 11.9. The van der Waals surface area contributed by atoms with Crippen molar-refractivity contribution in [3.63, 3.8) is 0 Å². The van der Waals surface area contributed by atoms with E-state index in [0.717, 1.165) is 25.6 Å². The minimum Gasteiger partial charge on any atom is -0.397 e. The molecule has 0 atom stereocenters. The molecule has 0 aromatic heterocycles. The largest absolute Gasteiger partial charge is 0.397 e. The molecule has 110 valence electrons. The van der Waals surface area contributed by atoms with E-state index in [4.69, 9.17) is 17.3 Å². The maximum Gasteiger partial charge on any atom is 0.224 e. The third-order valence-corrected chi connectivity index (χ3v) is 3.84. The Bertz CT molecular complexity index is 474. The van der Waals surface area contributed by atoms with Gasteiger partial charge in [-0.15, -0.1) is 0 Å². The monoisotopic (exact) mass is 295 g/mol. The van der Waals surface area contributed by atoms with Crippen molar-refractivity contribution in [3.05, 3.63) is 23.2 Å². The highest BCUT2D eigenvalue weighted by Gasteiger charge is 2.27. The molecule has 0 aliphatic heterocycles. The molecule has 1 saturated carbocycles. The first-order valence-electron chi connectivity index (χ1n) is 7.19. The first-order chi connectivity index (χ1) is 9.60. The van der Waals surface area contributed by atoms with Gasteiger partial charge in [0.2, 0.25) is 5.91 Å². The van der Waals surface area contributed by atoms with Crippen molar-refractivity contribution in [2.75, 3.05) is 24.1 Å². The lowest BCUT2D eigenvalue weighted by Gasteiger charge is -2.19. The van der Waals surface area contributed by atoms with Crippen LogP contribution in [-0.2, 0) is 4.79 Å². The fraction of sp³-hybridized carbons (Fsp3) is 0.533. The van der Waals surface area contributed by atoms with Crippen molar-refractivity contribution in [1.29, 1.82) is 0 Å². The van der Waals surface area contributed by atoms with Crippen LogP contribution in [0.2, 0.25) is 5.02 Å². The Morgan fingerprint density at radius 3 is 2.90 bits per heavy atom. The van der Waals surface area contributed by atoms with Crippen LogP contribution in [-0.4, -0.2) is 29.9 Å². The number of carbonyl (C=O) groups excluding carboxylic acids is 1. The summed E-state index contributed by atoms with van der Waals surface area (Å²) in [5.41, 5.74) is 6.93. The zero-order chi connectivity index (χ0) is 14.5. The van der Waals surface area contributed by atoms with Crippen LogP contribution in [0.5, 0.6) is 0 Å². The van der Waals surface area contributed by atoms with Crippen LogP contribution in [0, 0.1) is 0 Å². The normalized spacial score (nSPS) is 14.6. The topological polar surface area (TPSA) is 58.4 Å². The molecule has 1 fully saturated rings. The number of nitrogens with two attached hydrogens (primary N) is 1. The van der Waals surface area contributed by atoms with Gasteiger partial charge >= 0.3 is 0 Å².